The van der Waals surface area contributed by atoms with Gasteiger partial charge >= 0.3 is 0 Å². The minimum Gasteiger partial charge on any atom is -0.409 e. The highest BCUT2D eigenvalue weighted by Gasteiger charge is 2.12. The molecule has 0 unspecified atom stereocenters. The molecule has 1 rings (SSSR count). The van der Waals surface area contributed by atoms with Crippen LogP contribution in [0.15, 0.2) is 5.16 Å². The van der Waals surface area contributed by atoms with Gasteiger partial charge < -0.3 is 16.3 Å². The zero-order chi connectivity index (χ0) is 8.81. The molecular formula is C7H15N3OS. The number of thioether (sulfide) groups is 1. The summed E-state index contributed by atoms with van der Waals surface area (Å²) in [4.78, 5) is 0. The minimum atomic E-state index is 0.258. The van der Waals surface area contributed by atoms with Gasteiger partial charge in [0.25, 0.3) is 0 Å². The second-order valence-corrected chi connectivity index (χ2v) is 4.08. The van der Waals surface area contributed by atoms with E-state index in [0.717, 1.165) is 0 Å². The molecule has 0 saturated carbocycles. The monoisotopic (exact) mass is 189 g/mol. The molecule has 0 bridgehead atoms. The third kappa shape index (κ3) is 3.32. The zero-order valence-electron chi connectivity index (χ0n) is 6.99. The van der Waals surface area contributed by atoms with Crippen LogP contribution in [-0.4, -0.2) is 35.1 Å². The molecule has 12 heavy (non-hydrogen) atoms. The van der Waals surface area contributed by atoms with Gasteiger partial charge in [0.2, 0.25) is 0 Å². The van der Waals surface area contributed by atoms with Crippen molar-refractivity contribution in [3.63, 3.8) is 0 Å². The second kappa shape index (κ2) is 5.27. The lowest BCUT2D eigenvalue weighted by atomic mass is 10.1. The third-order valence-corrected chi connectivity index (χ3v) is 2.97. The highest BCUT2D eigenvalue weighted by atomic mass is 32.2. The lowest BCUT2D eigenvalue weighted by molar-refractivity contribution is 0.316. The van der Waals surface area contributed by atoms with Gasteiger partial charge in [-0.1, -0.05) is 5.16 Å². The Labute approximate surface area is 76.6 Å². The molecule has 4 N–H and O–H groups in total. The number of rotatable bonds is 3. The fourth-order valence-electron chi connectivity index (χ4n) is 1.19. The van der Waals surface area contributed by atoms with Crippen LogP contribution >= 0.6 is 11.8 Å². The van der Waals surface area contributed by atoms with Crippen molar-refractivity contribution < 1.29 is 5.21 Å². The van der Waals surface area contributed by atoms with Gasteiger partial charge in [0.1, 0.15) is 0 Å². The average Bonchev–Trinajstić information content (AvgIpc) is 2.16. The average molecular weight is 189 g/mol. The Morgan fingerprint density at radius 2 is 2.25 bits per heavy atom. The molecule has 0 aromatic rings. The topological polar surface area (TPSA) is 70.6 Å². The van der Waals surface area contributed by atoms with E-state index in [0.29, 0.717) is 12.6 Å². The van der Waals surface area contributed by atoms with Crippen LogP contribution in [0, 0.1) is 0 Å². The number of amidine groups is 1. The van der Waals surface area contributed by atoms with Crippen molar-refractivity contribution in [1.82, 2.24) is 5.32 Å². The van der Waals surface area contributed by atoms with Crippen molar-refractivity contribution in [2.75, 3.05) is 18.1 Å². The molecule has 1 aliphatic rings. The number of nitrogens with one attached hydrogen (secondary N) is 1. The van der Waals surface area contributed by atoms with E-state index in [1.165, 1.54) is 24.3 Å². The fraction of sp³-hybridized carbons (Fsp3) is 0.857. The van der Waals surface area contributed by atoms with Crippen LogP contribution in [0.4, 0.5) is 0 Å². The molecule has 0 amide bonds. The lowest BCUT2D eigenvalue weighted by Crippen LogP contribution is -2.38. The molecule has 5 heteroatoms. The highest BCUT2D eigenvalue weighted by Crippen LogP contribution is 2.16. The first kappa shape index (κ1) is 9.67. The molecular weight excluding hydrogens is 174 g/mol. The van der Waals surface area contributed by atoms with E-state index in [4.69, 9.17) is 10.9 Å². The van der Waals surface area contributed by atoms with Crippen LogP contribution in [0.25, 0.3) is 0 Å². The first-order valence-electron chi connectivity index (χ1n) is 4.10. The van der Waals surface area contributed by atoms with Crippen molar-refractivity contribution in [2.24, 2.45) is 10.9 Å². The van der Waals surface area contributed by atoms with Crippen molar-refractivity contribution in [1.29, 1.82) is 0 Å². The van der Waals surface area contributed by atoms with Gasteiger partial charge in [0.05, 0.1) is 6.54 Å². The van der Waals surface area contributed by atoms with Crippen LogP contribution in [0.3, 0.4) is 0 Å². The first-order valence-corrected chi connectivity index (χ1v) is 5.26. The predicted molar refractivity (Wildman–Crippen MR) is 51.8 cm³/mol. The Balaban J connectivity index is 2.13. The van der Waals surface area contributed by atoms with Gasteiger partial charge in [0.15, 0.2) is 5.84 Å². The summed E-state index contributed by atoms with van der Waals surface area (Å²) in [5.41, 5.74) is 5.32. The maximum Gasteiger partial charge on any atom is 0.153 e. The van der Waals surface area contributed by atoms with E-state index in [9.17, 15) is 0 Å². The number of nitrogens with two attached hydrogens (primary N) is 1. The van der Waals surface area contributed by atoms with E-state index in [2.05, 4.69) is 10.5 Å². The van der Waals surface area contributed by atoms with Gasteiger partial charge in [-0.15, -0.1) is 0 Å². The molecule has 0 atom stereocenters. The van der Waals surface area contributed by atoms with Gasteiger partial charge in [-0.2, -0.15) is 11.8 Å². The minimum absolute atomic E-state index is 0.258. The molecule has 0 radical (unpaired) electrons. The van der Waals surface area contributed by atoms with E-state index in [1.54, 1.807) is 0 Å². The summed E-state index contributed by atoms with van der Waals surface area (Å²) >= 11 is 1.99. The largest absolute Gasteiger partial charge is 0.409 e. The van der Waals surface area contributed by atoms with Gasteiger partial charge in [-0.05, 0) is 24.3 Å². The standard InChI is InChI=1S/C7H15N3OS/c8-7(10-11)5-9-6-1-3-12-4-2-6/h6,9,11H,1-5H2,(H2,8,10). The number of hydrogen-bond donors (Lipinski definition) is 3. The summed E-state index contributed by atoms with van der Waals surface area (Å²) in [6.45, 7) is 0.492. The van der Waals surface area contributed by atoms with Crippen molar-refractivity contribution in [2.45, 2.75) is 18.9 Å². The number of nitrogens with zero attached hydrogens (tertiary/aromatic N) is 1. The molecule has 0 aromatic heterocycles. The molecule has 70 valence electrons. The highest BCUT2D eigenvalue weighted by molar-refractivity contribution is 7.99. The molecule has 0 spiro atoms. The molecule has 1 aliphatic heterocycles. The van der Waals surface area contributed by atoms with Crippen molar-refractivity contribution in [3.05, 3.63) is 0 Å². The number of oxime groups is 1. The molecule has 0 aliphatic carbocycles. The second-order valence-electron chi connectivity index (χ2n) is 2.86. The zero-order valence-corrected chi connectivity index (χ0v) is 7.81. The summed E-state index contributed by atoms with van der Waals surface area (Å²) in [5, 5.41) is 14.4. The Morgan fingerprint density at radius 1 is 1.58 bits per heavy atom. The van der Waals surface area contributed by atoms with Crippen LogP contribution in [0.5, 0.6) is 0 Å². The summed E-state index contributed by atoms with van der Waals surface area (Å²) in [6, 6.07) is 0.548. The summed E-state index contributed by atoms with van der Waals surface area (Å²) in [7, 11) is 0. The lowest BCUT2D eigenvalue weighted by Gasteiger charge is -2.22. The first-order chi connectivity index (χ1) is 5.83. The van der Waals surface area contributed by atoms with Gasteiger partial charge in [-0.3, -0.25) is 0 Å². The fourth-order valence-corrected chi connectivity index (χ4v) is 2.29. The molecule has 4 nitrogen and oxygen atoms in total. The molecule has 0 aromatic carbocycles. The summed E-state index contributed by atoms with van der Waals surface area (Å²) in [6.07, 6.45) is 2.37. The molecule has 1 heterocycles. The molecule has 1 fully saturated rings. The third-order valence-electron chi connectivity index (χ3n) is 1.92. The summed E-state index contributed by atoms with van der Waals surface area (Å²) in [5.74, 6) is 2.69. The summed E-state index contributed by atoms with van der Waals surface area (Å²) < 4.78 is 0. The SMILES string of the molecule is NC(CNC1CCSCC1)=NO. The van der Waals surface area contributed by atoms with Crippen molar-refractivity contribution in [3.8, 4) is 0 Å². The maximum atomic E-state index is 8.28. The van der Waals surface area contributed by atoms with Crippen LogP contribution in [0.1, 0.15) is 12.8 Å². The van der Waals surface area contributed by atoms with E-state index in [-0.39, 0.29) is 5.84 Å². The Kier molecular flexibility index (Phi) is 4.24. The van der Waals surface area contributed by atoms with Crippen LogP contribution in [-0.2, 0) is 0 Å². The maximum absolute atomic E-state index is 8.28. The normalized spacial score (nSPS) is 21.2. The quantitative estimate of drug-likeness (QED) is 0.257. The van der Waals surface area contributed by atoms with E-state index < -0.39 is 0 Å². The van der Waals surface area contributed by atoms with Crippen molar-refractivity contribution >= 4 is 17.6 Å². The predicted octanol–water partition coefficient (Wildman–Crippen LogP) is 0.218. The van der Waals surface area contributed by atoms with Crippen LogP contribution < -0.4 is 11.1 Å². The van der Waals surface area contributed by atoms with Crippen LogP contribution in [0.2, 0.25) is 0 Å². The van der Waals surface area contributed by atoms with E-state index in [1.807, 2.05) is 11.8 Å². The number of hydrogen-bond acceptors (Lipinski definition) is 4. The van der Waals surface area contributed by atoms with Gasteiger partial charge in [-0.25, -0.2) is 0 Å². The van der Waals surface area contributed by atoms with Gasteiger partial charge in [0, 0.05) is 6.04 Å². The Bertz CT molecular complexity index is 157. The Morgan fingerprint density at radius 3 is 2.83 bits per heavy atom. The smallest absolute Gasteiger partial charge is 0.153 e. The Hall–Kier alpha value is -0.420. The van der Waals surface area contributed by atoms with E-state index >= 15 is 0 Å². The molecule has 1 saturated heterocycles.